The van der Waals surface area contributed by atoms with Crippen LogP contribution in [0.25, 0.3) is 11.0 Å². The van der Waals surface area contributed by atoms with Crippen LogP contribution in [0.3, 0.4) is 0 Å². The number of para-hydroxylation sites is 1. The van der Waals surface area contributed by atoms with E-state index >= 15 is 0 Å². The van der Waals surface area contributed by atoms with E-state index in [9.17, 15) is 18.0 Å². The average molecular weight is 467 g/mol. The van der Waals surface area contributed by atoms with Gasteiger partial charge in [0, 0.05) is 12.7 Å². The number of anilines is 2. The SMILES string of the molecule is Cc1cccc(C)c1NS(=O)(=O)c1ccc(NC(=O)Cn2cnc3c(cnn3C)c2=O)cc1. The Kier molecular flexibility index (Phi) is 5.73. The molecule has 0 radical (unpaired) electrons. The fourth-order valence-electron chi connectivity index (χ4n) is 3.42. The number of hydrogen-bond donors (Lipinski definition) is 2. The number of fused-ring (bicyclic) bond motifs is 1. The van der Waals surface area contributed by atoms with Crippen molar-refractivity contribution in [2.45, 2.75) is 25.3 Å². The molecule has 0 saturated heterocycles. The second kappa shape index (κ2) is 8.51. The Hall–Kier alpha value is -3.99. The number of sulfonamides is 1. The molecule has 0 spiro atoms. The van der Waals surface area contributed by atoms with Gasteiger partial charge in [-0.25, -0.2) is 13.4 Å². The molecular weight excluding hydrogens is 444 g/mol. The highest BCUT2D eigenvalue weighted by Gasteiger charge is 2.17. The van der Waals surface area contributed by atoms with Crippen LogP contribution in [-0.4, -0.2) is 33.7 Å². The first kappa shape index (κ1) is 22.2. The van der Waals surface area contributed by atoms with Gasteiger partial charge in [-0.2, -0.15) is 5.10 Å². The molecule has 0 aliphatic carbocycles. The van der Waals surface area contributed by atoms with Gasteiger partial charge in [0.15, 0.2) is 5.65 Å². The van der Waals surface area contributed by atoms with Crippen molar-refractivity contribution in [3.8, 4) is 0 Å². The number of carbonyl (C=O) groups excluding carboxylic acids is 1. The summed E-state index contributed by atoms with van der Waals surface area (Å²) in [6, 6.07) is 11.3. The lowest BCUT2D eigenvalue weighted by atomic mass is 10.1. The fourth-order valence-corrected chi connectivity index (χ4v) is 4.62. The van der Waals surface area contributed by atoms with Gasteiger partial charge in [0.1, 0.15) is 18.3 Å². The minimum Gasteiger partial charge on any atom is -0.325 e. The summed E-state index contributed by atoms with van der Waals surface area (Å²) in [7, 11) is -2.13. The molecule has 0 unspecified atom stereocenters. The van der Waals surface area contributed by atoms with E-state index in [0.29, 0.717) is 22.4 Å². The maximum absolute atomic E-state index is 12.8. The Balaban J connectivity index is 1.47. The standard InChI is InChI=1S/C22H22N6O4S/c1-14-5-4-6-15(2)20(14)26-33(31,32)17-9-7-16(8-10-17)25-19(29)12-28-13-23-21-18(22(28)30)11-24-27(21)3/h4-11,13,26H,12H2,1-3H3,(H,25,29). The summed E-state index contributed by atoms with van der Waals surface area (Å²) in [5.41, 5.74) is 2.63. The summed E-state index contributed by atoms with van der Waals surface area (Å²) in [4.78, 5) is 29.1. The van der Waals surface area contributed by atoms with Crippen LogP contribution < -0.4 is 15.6 Å². The minimum atomic E-state index is -3.80. The molecule has 0 fully saturated rings. The lowest BCUT2D eigenvalue weighted by Gasteiger charge is -2.13. The molecule has 2 aromatic carbocycles. The second-order valence-corrected chi connectivity index (χ2v) is 9.31. The second-order valence-electron chi connectivity index (χ2n) is 7.63. The molecule has 1 amide bonds. The number of benzene rings is 2. The Morgan fingerprint density at radius 3 is 2.39 bits per heavy atom. The van der Waals surface area contributed by atoms with Crippen molar-refractivity contribution in [3.05, 3.63) is 76.5 Å². The molecule has 2 heterocycles. The molecule has 2 aromatic heterocycles. The third kappa shape index (κ3) is 4.48. The van der Waals surface area contributed by atoms with E-state index in [-0.39, 0.29) is 17.0 Å². The average Bonchev–Trinajstić information content (AvgIpc) is 3.15. The molecular formula is C22H22N6O4S. The van der Waals surface area contributed by atoms with Gasteiger partial charge < -0.3 is 5.32 Å². The van der Waals surface area contributed by atoms with E-state index in [1.165, 1.54) is 46.0 Å². The normalized spacial score (nSPS) is 11.5. The number of nitrogens with one attached hydrogen (secondary N) is 2. The molecule has 4 rings (SSSR count). The largest absolute Gasteiger partial charge is 0.325 e. The summed E-state index contributed by atoms with van der Waals surface area (Å²) in [6.45, 7) is 3.41. The van der Waals surface area contributed by atoms with Crippen molar-refractivity contribution in [3.63, 3.8) is 0 Å². The lowest BCUT2D eigenvalue weighted by Crippen LogP contribution is -2.27. The van der Waals surface area contributed by atoms with Gasteiger partial charge in [-0.3, -0.25) is 23.6 Å². The molecule has 4 aromatic rings. The first-order chi connectivity index (χ1) is 15.7. The van der Waals surface area contributed by atoms with Gasteiger partial charge in [-0.1, -0.05) is 18.2 Å². The Labute approximate surface area is 189 Å². The fraction of sp³-hybridized carbons (Fsp3) is 0.182. The monoisotopic (exact) mass is 466 g/mol. The molecule has 10 nitrogen and oxygen atoms in total. The smallest absolute Gasteiger partial charge is 0.264 e. The quantitative estimate of drug-likeness (QED) is 0.448. The highest BCUT2D eigenvalue weighted by atomic mass is 32.2. The molecule has 2 N–H and O–H groups in total. The van der Waals surface area contributed by atoms with Crippen LogP contribution in [0.1, 0.15) is 11.1 Å². The number of aryl methyl sites for hydroxylation is 3. The number of aromatic nitrogens is 4. The number of rotatable bonds is 6. The van der Waals surface area contributed by atoms with Gasteiger partial charge in [0.05, 0.1) is 16.8 Å². The Morgan fingerprint density at radius 2 is 1.73 bits per heavy atom. The first-order valence-corrected chi connectivity index (χ1v) is 11.5. The van der Waals surface area contributed by atoms with Crippen LogP contribution in [0, 0.1) is 13.8 Å². The van der Waals surface area contributed by atoms with E-state index in [2.05, 4.69) is 20.1 Å². The third-order valence-electron chi connectivity index (χ3n) is 5.20. The van der Waals surface area contributed by atoms with Gasteiger partial charge in [0.2, 0.25) is 5.91 Å². The molecule has 33 heavy (non-hydrogen) atoms. The summed E-state index contributed by atoms with van der Waals surface area (Å²) in [5, 5.41) is 6.97. The summed E-state index contributed by atoms with van der Waals surface area (Å²) in [5.74, 6) is -0.452. The molecule has 0 bridgehead atoms. The molecule has 0 aliphatic heterocycles. The zero-order valence-electron chi connectivity index (χ0n) is 18.2. The molecule has 11 heteroatoms. The van der Waals surface area contributed by atoms with Gasteiger partial charge in [0.25, 0.3) is 15.6 Å². The minimum absolute atomic E-state index is 0.0607. The van der Waals surface area contributed by atoms with Crippen LogP contribution in [0.2, 0.25) is 0 Å². The van der Waals surface area contributed by atoms with Crippen molar-refractivity contribution >= 4 is 38.3 Å². The summed E-state index contributed by atoms with van der Waals surface area (Å²) >= 11 is 0. The number of carbonyl (C=O) groups is 1. The lowest BCUT2D eigenvalue weighted by molar-refractivity contribution is -0.116. The molecule has 0 saturated carbocycles. The van der Waals surface area contributed by atoms with Crippen LogP contribution in [0.4, 0.5) is 11.4 Å². The third-order valence-corrected chi connectivity index (χ3v) is 6.56. The Bertz CT molecular complexity index is 1500. The van der Waals surface area contributed by atoms with E-state index in [1.807, 2.05) is 32.0 Å². The highest BCUT2D eigenvalue weighted by Crippen LogP contribution is 2.24. The molecule has 0 aliphatic rings. The maximum atomic E-state index is 12.8. The van der Waals surface area contributed by atoms with E-state index in [4.69, 9.17) is 0 Å². The number of nitrogens with zero attached hydrogens (tertiary/aromatic N) is 4. The van der Waals surface area contributed by atoms with Gasteiger partial charge in [-0.05, 0) is 49.2 Å². The van der Waals surface area contributed by atoms with Gasteiger partial charge >= 0.3 is 0 Å². The predicted molar refractivity (Wildman–Crippen MR) is 125 cm³/mol. The molecule has 170 valence electrons. The molecule has 0 atom stereocenters. The first-order valence-electron chi connectivity index (χ1n) is 10.0. The Morgan fingerprint density at radius 1 is 1.06 bits per heavy atom. The van der Waals surface area contributed by atoms with Crippen molar-refractivity contribution in [2.75, 3.05) is 10.0 Å². The van der Waals surface area contributed by atoms with E-state index in [1.54, 1.807) is 7.05 Å². The zero-order valence-corrected chi connectivity index (χ0v) is 19.0. The van der Waals surface area contributed by atoms with Crippen LogP contribution >= 0.6 is 0 Å². The highest BCUT2D eigenvalue weighted by molar-refractivity contribution is 7.92. The zero-order chi connectivity index (χ0) is 23.8. The van der Waals surface area contributed by atoms with Crippen LogP contribution in [0.5, 0.6) is 0 Å². The summed E-state index contributed by atoms with van der Waals surface area (Å²) in [6.07, 6.45) is 2.70. The van der Waals surface area contributed by atoms with E-state index in [0.717, 1.165) is 11.1 Å². The van der Waals surface area contributed by atoms with Crippen LogP contribution in [-0.2, 0) is 28.4 Å². The number of hydrogen-bond acceptors (Lipinski definition) is 6. The summed E-state index contributed by atoms with van der Waals surface area (Å²) < 4.78 is 30.8. The topological polar surface area (TPSA) is 128 Å². The van der Waals surface area contributed by atoms with Crippen molar-refractivity contribution in [2.24, 2.45) is 7.05 Å². The van der Waals surface area contributed by atoms with Crippen molar-refractivity contribution in [1.82, 2.24) is 19.3 Å². The number of amides is 1. The predicted octanol–water partition coefficient (Wildman–Crippen LogP) is 2.19. The van der Waals surface area contributed by atoms with E-state index < -0.39 is 15.9 Å². The van der Waals surface area contributed by atoms with Crippen molar-refractivity contribution < 1.29 is 13.2 Å². The van der Waals surface area contributed by atoms with Crippen molar-refractivity contribution in [1.29, 1.82) is 0 Å². The van der Waals surface area contributed by atoms with Crippen LogP contribution in [0.15, 0.2) is 64.7 Å². The van der Waals surface area contributed by atoms with Gasteiger partial charge in [-0.15, -0.1) is 0 Å². The maximum Gasteiger partial charge on any atom is 0.264 e.